The molecule has 0 spiro atoms. The molecule has 0 radical (unpaired) electrons. The van der Waals surface area contributed by atoms with Crippen LogP contribution >= 0.6 is 23.5 Å². The van der Waals surface area contributed by atoms with Crippen LogP contribution in [-0.2, 0) is 9.53 Å². The van der Waals surface area contributed by atoms with E-state index in [0.717, 1.165) is 0 Å². The zero-order valence-electron chi connectivity index (χ0n) is 9.31. The number of hydrogen-bond acceptors (Lipinski definition) is 3. The molecule has 0 aliphatic carbocycles. The molecule has 0 aromatic heterocycles. The molecule has 2 unspecified atom stereocenters. The van der Waals surface area contributed by atoms with Crippen molar-refractivity contribution in [3.8, 4) is 0 Å². The monoisotopic (exact) mass is 275 g/mol. The maximum absolute atomic E-state index is 13.4. The summed E-state index contributed by atoms with van der Waals surface area (Å²) in [5.41, 5.74) is 0.688. The molecule has 1 saturated heterocycles. The molecule has 1 amide bonds. The van der Waals surface area contributed by atoms with Crippen molar-refractivity contribution in [2.45, 2.75) is 12.1 Å². The van der Waals surface area contributed by atoms with E-state index in [0.29, 0.717) is 5.56 Å². The smallest absolute Gasteiger partial charge is 0.264 e. The molecule has 0 bridgehead atoms. The van der Waals surface area contributed by atoms with Crippen LogP contribution in [0.4, 0.5) is 4.39 Å². The van der Waals surface area contributed by atoms with Crippen LogP contribution in [0.2, 0.25) is 5.02 Å². The Morgan fingerprint density at radius 1 is 1.53 bits per heavy atom. The largest absolute Gasteiger partial charge is 0.369 e. The Kier molecular flexibility index (Phi) is 3.61. The topological polar surface area (TPSA) is 29.5 Å². The minimum Gasteiger partial charge on any atom is -0.369 e. The molecule has 1 fully saturated rings. The standard InChI is InChI=1S/C11H11ClFNO2S/c1-16-10-9(14(17-2)11(10)15)6-3-4-7(12)8(13)5-6/h3-5,9-10H,1-2H3. The van der Waals surface area contributed by atoms with E-state index in [1.54, 1.807) is 16.6 Å². The van der Waals surface area contributed by atoms with Gasteiger partial charge in [-0.25, -0.2) is 4.39 Å². The minimum atomic E-state index is -0.539. The number of hydrogen-bond donors (Lipinski definition) is 0. The summed E-state index contributed by atoms with van der Waals surface area (Å²) in [5, 5.41) is 0.0732. The summed E-state index contributed by atoms with van der Waals surface area (Å²) < 4.78 is 20.1. The molecule has 1 heterocycles. The Labute approximate surface area is 108 Å². The SMILES string of the molecule is COC1C(=O)N(SC)C1c1ccc(Cl)c(F)c1. The first-order chi connectivity index (χ1) is 8.10. The van der Waals surface area contributed by atoms with Gasteiger partial charge in [-0.3, -0.25) is 9.10 Å². The molecular weight excluding hydrogens is 265 g/mol. The van der Waals surface area contributed by atoms with E-state index in [1.165, 1.54) is 31.2 Å². The molecule has 92 valence electrons. The van der Waals surface area contributed by atoms with Gasteiger partial charge in [0.05, 0.1) is 5.02 Å². The van der Waals surface area contributed by atoms with Crippen LogP contribution in [0.1, 0.15) is 11.6 Å². The second kappa shape index (κ2) is 4.84. The van der Waals surface area contributed by atoms with E-state index in [2.05, 4.69) is 0 Å². The van der Waals surface area contributed by atoms with Crippen molar-refractivity contribution in [2.24, 2.45) is 0 Å². The van der Waals surface area contributed by atoms with Crippen molar-refractivity contribution in [1.29, 1.82) is 0 Å². The third kappa shape index (κ3) is 2.03. The lowest BCUT2D eigenvalue weighted by atomic mass is 9.94. The van der Waals surface area contributed by atoms with Crippen LogP contribution in [0.5, 0.6) is 0 Å². The number of benzene rings is 1. The first kappa shape index (κ1) is 12.7. The molecule has 17 heavy (non-hydrogen) atoms. The fourth-order valence-electron chi connectivity index (χ4n) is 1.88. The van der Waals surface area contributed by atoms with Crippen LogP contribution in [0.3, 0.4) is 0 Å². The van der Waals surface area contributed by atoms with Crippen LogP contribution in [0.15, 0.2) is 18.2 Å². The molecule has 2 rings (SSSR count). The quantitative estimate of drug-likeness (QED) is 0.627. The fraction of sp³-hybridized carbons (Fsp3) is 0.364. The second-order valence-electron chi connectivity index (χ2n) is 3.62. The number of carbonyl (C=O) groups is 1. The lowest BCUT2D eigenvalue weighted by Gasteiger charge is -2.44. The van der Waals surface area contributed by atoms with Gasteiger partial charge < -0.3 is 4.74 Å². The average molecular weight is 276 g/mol. The van der Waals surface area contributed by atoms with E-state index in [1.807, 2.05) is 0 Å². The molecule has 0 N–H and O–H groups in total. The van der Waals surface area contributed by atoms with Crippen LogP contribution in [0, 0.1) is 5.82 Å². The minimum absolute atomic E-state index is 0.0732. The maximum atomic E-state index is 13.4. The third-order valence-electron chi connectivity index (χ3n) is 2.74. The van der Waals surface area contributed by atoms with Crippen LogP contribution in [0.25, 0.3) is 0 Å². The highest BCUT2D eigenvalue weighted by Gasteiger charge is 2.48. The number of methoxy groups -OCH3 is 1. The van der Waals surface area contributed by atoms with Gasteiger partial charge in [0.2, 0.25) is 0 Å². The van der Waals surface area contributed by atoms with E-state index >= 15 is 0 Å². The maximum Gasteiger partial charge on any atom is 0.264 e. The van der Waals surface area contributed by atoms with Gasteiger partial charge in [0.1, 0.15) is 11.9 Å². The van der Waals surface area contributed by atoms with E-state index in [9.17, 15) is 9.18 Å². The van der Waals surface area contributed by atoms with Crippen molar-refractivity contribution in [2.75, 3.05) is 13.4 Å². The van der Waals surface area contributed by atoms with Gasteiger partial charge in [-0.2, -0.15) is 0 Å². The Hall–Kier alpha value is -0.780. The molecule has 1 aromatic carbocycles. The summed E-state index contributed by atoms with van der Waals surface area (Å²) in [6.45, 7) is 0. The van der Waals surface area contributed by atoms with Crippen molar-refractivity contribution in [1.82, 2.24) is 4.31 Å². The number of β-lactam (4-membered cyclic amide) rings is 1. The summed E-state index contributed by atoms with van der Waals surface area (Å²) >= 11 is 6.92. The molecule has 6 heteroatoms. The lowest BCUT2D eigenvalue weighted by Crippen LogP contribution is -2.56. The van der Waals surface area contributed by atoms with Gasteiger partial charge in [0.25, 0.3) is 5.91 Å². The predicted octanol–water partition coefficient (Wildman–Crippen LogP) is 2.66. The summed E-state index contributed by atoms with van der Waals surface area (Å²) in [4.78, 5) is 11.6. The van der Waals surface area contributed by atoms with Crippen LogP contribution in [-0.4, -0.2) is 29.7 Å². The van der Waals surface area contributed by atoms with E-state index in [4.69, 9.17) is 16.3 Å². The molecule has 1 aliphatic rings. The van der Waals surface area contributed by atoms with Gasteiger partial charge >= 0.3 is 0 Å². The number of halogens is 2. The third-order valence-corrected chi connectivity index (χ3v) is 3.84. The van der Waals surface area contributed by atoms with Crippen molar-refractivity contribution in [3.05, 3.63) is 34.6 Å². The zero-order valence-corrected chi connectivity index (χ0v) is 10.9. The van der Waals surface area contributed by atoms with Crippen molar-refractivity contribution < 1.29 is 13.9 Å². The Balaban J connectivity index is 2.31. The van der Waals surface area contributed by atoms with Gasteiger partial charge in [0, 0.05) is 13.4 Å². The summed E-state index contributed by atoms with van der Waals surface area (Å²) in [6, 6.07) is 4.28. The molecule has 1 aliphatic heterocycles. The Morgan fingerprint density at radius 2 is 2.24 bits per heavy atom. The van der Waals surface area contributed by atoms with Crippen molar-refractivity contribution in [3.63, 3.8) is 0 Å². The average Bonchev–Trinajstić information content (AvgIpc) is 2.31. The van der Waals surface area contributed by atoms with Gasteiger partial charge in [-0.15, -0.1) is 0 Å². The van der Waals surface area contributed by atoms with Gasteiger partial charge in [-0.05, 0) is 17.7 Å². The highest BCUT2D eigenvalue weighted by molar-refractivity contribution is 7.96. The molecule has 1 aromatic rings. The summed E-state index contributed by atoms with van der Waals surface area (Å²) in [6.07, 6.45) is 1.26. The highest BCUT2D eigenvalue weighted by atomic mass is 35.5. The number of nitrogens with zero attached hydrogens (tertiary/aromatic N) is 1. The summed E-state index contributed by atoms with van der Waals surface area (Å²) in [5.74, 6) is -0.584. The first-order valence-corrected chi connectivity index (χ1v) is 6.51. The number of carbonyl (C=O) groups excluding carboxylic acids is 1. The van der Waals surface area contributed by atoms with Crippen molar-refractivity contribution >= 4 is 29.5 Å². The Bertz CT molecular complexity index is 443. The summed E-state index contributed by atoms with van der Waals surface area (Å²) in [7, 11) is 1.47. The number of ether oxygens (including phenoxy) is 1. The number of rotatable bonds is 3. The molecular formula is C11H11ClFNO2S. The molecule has 2 atom stereocenters. The van der Waals surface area contributed by atoms with E-state index in [-0.39, 0.29) is 17.0 Å². The highest BCUT2D eigenvalue weighted by Crippen LogP contribution is 2.41. The molecule has 3 nitrogen and oxygen atoms in total. The first-order valence-electron chi connectivity index (χ1n) is 4.95. The van der Waals surface area contributed by atoms with Gasteiger partial charge in [0.15, 0.2) is 6.10 Å². The second-order valence-corrected chi connectivity index (χ2v) is 4.79. The lowest BCUT2D eigenvalue weighted by molar-refractivity contribution is -0.158. The fourth-order valence-corrected chi connectivity index (χ4v) is 2.74. The predicted molar refractivity (Wildman–Crippen MR) is 65.3 cm³/mol. The normalized spacial score (nSPS) is 23.8. The van der Waals surface area contributed by atoms with E-state index < -0.39 is 11.9 Å². The van der Waals surface area contributed by atoms with Crippen LogP contribution < -0.4 is 0 Å². The van der Waals surface area contributed by atoms with Gasteiger partial charge in [-0.1, -0.05) is 29.6 Å². The Morgan fingerprint density at radius 3 is 2.76 bits per heavy atom. The zero-order chi connectivity index (χ0) is 12.6. The molecule has 0 saturated carbocycles. The number of amides is 1.